The van der Waals surface area contributed by atoms with Crippen molar-refractivity contribution in [3.05, 3.63) is 11.7 Å². The van der Waals surface area contributed by atoms with Gasteiger partial charge in [0.1, 0.15) is 0 Å². The van der Waals surface area contributed by atoms with Gasteiger partial charge in [0.15, 0.2) is 15.7 Å². The average Bonchev–Trinajstić information content (AvgIpc) is 2.92. The molecule has 0 aromatic carbocycles. The van der Waals surface area contributed by atoms with Crippen LogP contribution < -0.4 is 5.73 Å². The lowest BCUT2D eigenvalue weighted by molar-refractivity contribution is 0.359. The van der Waals surface area contributed by atoms with E-state index in [-0.39, 0.29) is 17.4 Å². The molecule has 0 saturated carbocycles. The lowest BCUT2D eigenvalue weighted by Crippen LogP contribution is -2.11. The summed E-state index contributed by atoms with van der Waals surface area (Å²) in [7, 11) is -2.90. The van der Waals surface area contributed by atoms with Gasteiger partial charge in [0.2, 0.25) is 5.89 Å². The minimum absolute atomic E-state index is 0.0977. The zero-order valence-corrected chi connectivity index (χ0v) is 11.3. The monoisotopic (exact) mass is 273 g/mol. The van der Waals surface area contributed by atoms with Crippen LogP contribution in [-0.2, 0) is 16.3 Å². The second kappa shape index (κ2) is 5.36. The molecule has 1 aromatic rings. The Kier molecular flexibility index (Phi) is 4.01. The fourth-order valence-corrected chi connectivity index (χ4v) is 3.76. The summed E-state index contributed by atoms with van der Waals surface area (Å²) in [6.07, 6.45) is 2.20. The van der Waals surface area contributed by atoms with Crippen molar-refractivity contribution in [2.75, 3.05) is 18.1 Å². The van der Waals surface area contributed by atoms with E-state index < -0.39 is 9.84 Å². The van der Waals surface area contributed by atoms with Crippen LogP contribution in [-0.4, -0.2) is 36.6 Å². The number of sulfone groups is 1. The van der Waals surface area contributed by atoms with E-state index in [4.69, 9.17) is 10.3 Å². The number of aryl methyl sites for hydroxylation is 1. The van der Waals surface area contributed by atoms with Crippen LogP contribution in [0.1, 0.15) is 37.4 Å². The fourth-order valence-electron chi connectivity index (χ4n) is 2.02. The Hall–Kier alpha value is -0.950. The molecule has 7 heteroatoms. The largest absolute Gasteiger partial charge is 0.339 e. The molecule has 2 rings (SSSR count). The minimum Gasteiger partial charge on any atom is -0.339 e. The summed E-state index contributed by atoms with van der Waals surface area (Å²) in [5.74, 6) is 1.81. The first-order valence-electron chi connectivity index (χ1n) is 6.23. The van der Waals surface area contributed by atoms with Crippen molar-refractivity contribution in [1.82, 2.24) is 10.1 Å². The van der Waals surface area contributed by atoms with Crippen molar-refractivity contribution in [2.45, 2.75) is 32.1 Å². The first kappa shape index (κ1) is 13.5. The van der Waals surface area contributed by atoms with Crippen molar-refractivity contribution in [1.29, 1.82) is 0 Å². The Balaban J connectivity index is 1.94. The highest BCUT2D eigenvalue weighted by molar-refractivity contribution is 7.91. The Morgan fingerprint density at radius 1 is 1.56 bits per heavy atom. The maximum Gasteiger partial charge on any atom is 0.226 e. The van der Waals surface area contributed by atoms with Crippen LogP contribution in [0.3, 0.4) is 0 Å². The van der Waals surface area contributed by atoms with E-state index >= 15 is 0 Å². The zero-order valence-electron chi connectivity index (χ0n) is 10.5. The predicted octanol–water partition coefficient (Wildman–Crippen LogP) is 0.499. The summed E-state index contributed by atoms with van der Waals surface area (Å²) in [5, 5.41) is 3.89. The van der Waals surface area contributed by atoms with Gasteiger partial charge in [-0.1, -0.05) is 12.1 Å². The predicted molar refractivity (Wildman–Crippen MR) is 66.8 cm³/mol. The summed E-state index contributed by atoms with van der Waals surface area (Å²) in [4.78, 5) is 4.28. The highest BCUT2D eigenvalue weighted by Gasteiger charge is 2.32. The van der Waals surface area contributed by atoms with Crippen LogP contribution in [0.5, 0.6) is 0 Å². The van der Waals surface area contributed by atoms with Crippen LogP contribution in [0.25, 0.3) is 0 Å². The number of hydrogen-bond donors (Lipinski definition) is 1. The van der Waals surface area contributed by atoms with Gasteiger partial charge in [-0.2, -0.15) is 4.98 Å². The van der Waals surface area contributed by atoms with Crippen LogP contribution in [0, 0.1) is 5.92 Å². The first-order valence-corrected chi connectivity index (χ1v) is 8.05. The maximum atomic E-state index is 11.4. The second-order valence-electron chi connectivity index (χ2n) is 5.03. The van der Waals surface area contributed by atoms with Crippen LogP contribution in [0.2, 0.25) is 0 Å². The quantitative estimate of drug-likeness (QED) is 0.838. The molecular weight excluding hydrogens is 254 g/mol. The molecule has 1 fully saturated rings. The van der Waals surface area contributed by atoms with E-state index in [2.05, 4.69) is 17.1 Å². The molecule has 1 aliphatic rings. The summed E-state index contributed by atoms with van der Waals surface area (Å²) >= 11 is 0. The van der Waals surface area contributed by atoms with E-state index in [9.17, 15) is 8.42 Å². The number of aromatic nitrogens is 2. The molecule has 1 saturated heterocycles. The van der Waals surface area contributed by atoms with Gasteiger partial charge in [-0.25, -0.2) is 8.42 Å². The van der Waals surface area contributed by atoms with Gasteiger partial charge in [-0.05, 0) is 25.3 Å². The van der Waals surface area contributed by atoms with Gasteiger partial charge in [-0.15, -0.1) is 0 Å². The van der Waals surface area contributed by atoms with Crippen molar-refractivity contribution >= 4 is 9.84 Å². The molecule has 18 heavy (non-hydrogen) atoms. The van der Waals surface area contributed by atoms with Gasteiger partial charge >= 0.3 is 0 Å². The average molecular weight is 273 g/mol. The summed E-state index contributed by atoms with van der Waals surface area (Å²) < 4.78 is 27.9. The van der Waals surface area contributed by atoms with Crippen LogP contribution in [0.4, 0.5) is 0 Å². The lowest BCUT2D eigenvalue weighted by atomic mass is 10.1. The van der Waals surface area contributed by atoms with Crippen LogP contribution >= 0.6 is 0 Å². The number of nitrogens with zero attached hydrogens (tertiary/aromatic N) is 2. The van der Waals surface area contributed by atoms with E-state index in [1.807, 2.05) is 0 Å². The summed E-state index contributed by atoms with van der Waals surface area (Å²) in [6, 6.07) is 0. The van der Waals surface area contributed by atoms with E-state index in [0.717, 1.165) is 6.42 Å². The van der Waals surface area contributed by atoms with Crippen LogP contribution in [0.15, 0.2) is 4.52 Å². The fraction of sp³-hybridized carbons (Fsp3) is 0.818. The smallest absolute Gasteiger partial charge is 0.226 e. The molecule has 102 valence electrons. The summed E-state index contributed by atoms with van der Waals surface area (Å²) in [6.45, 7) is 2.71. The zero-order chi connectivity index (χ0) is 13.2. The minimum atomic E-state index is -2.90. The highest BCUT2D eigenvalue weighted by atomic mass is 32.2. The van der Waals surface area contributed by atoms with Crippen molar-refractivity contribution in [2.24, 2.45) is 11.7 Å². The SMILES string of the molecule is CC(CN)CCc1nc(C2CCS(=O)(=O)C2)no1. The molecule has 0 bridgehead atoms. The Morgan fingerprint density at radius 2 is 2.33 bits per heavy atom. The topological polar surface area (TPSA) is 99.1 Å². The lowest BCUT2D eigenvalue weighted by Gasteiger charge is -2.04. The first-order chi connectivity index (χ1) is 8.50. The molecular formula is C11H19N3O3S. The van der Waals surface area contributed by atoms with Crippen molar-refractivity contribution in [3.63, 3.8) is 0 Å². The van der Waals surface area contributed by atoms with Crippen molar-refractivity contribution in [3.8, 4) is 0 Å². The standard InChI is InChI=1S/C11H19N3O3S/c1-8(6-12)2-3-10-13-11(14-17-10)9-4-5-18(15,16)7-9/h8-9H,2-7,12H2,1H3. The molecule has 1 aromatic heterocycles. The van der Waals surface area contributed by atoms with Gasteiger partial charge in [0, 0.05) is 12.3 Å². The second-order valence-corrected chi connectivity index (χ2v) is 7.25. The van der Waals surface area contributed by atoms with Gasteiger partial charge in [0.25, 0.3) is 0 Å². The van der Waals surface area contributed by atoms with E-state index in [1.54, 1.807) is 0 Å². The maximum absolute atomic E-state index is 11.4. The molecule has 0 spiro atoms. The van der Waals surface area contributed by atoms with Gasteiger partial charge in [0.05, 0.1) is 11.5 Å². The van der Waals surface area contributed by atoms with Crippen molar-refractivity contribution < 1.29 is 12.9 Å². The molecule has 0 amide bonds. The third-order valence-corrected chi connectivity index (χ3v) is 5.10. The normalized spacial score (nSPS) is 24.2. The molecule has 0 radical (unpaired) electrons. The van der Waals surface area contributed by atoms with E-state index in [0.29, 0.717) is 37.0 Å². The molecule has 2 N–H and O–H groups in total. The summed E-state index contributed by atoms with van der Waals surface area (Å²) in [5.41, 5.74) is 5.54. The molecule has 1 aliphatic heterocycles. The molecule has 0 aliphatic carbocycles. The third-order valence-electron chi connectivity index (χ3n) is 3.33. The molecule has 6 nitrogen and oxygen atoms in total. The number of nitrogens with two attached hydrogens (primary N) is 1. The number of rotatable bonds is 5. The number of hydrogen-bond acceptors (Lipinski definition) is 6. The third kappa shape index (κ3) is 3.29. The Labute approximate surface area is 107 Å². The highest BCUT2D eigenvalue weighted by Crippen LogP contribution is 2.26. The Morgan fingerprint density at radius 3 is 2.94 bits per heavy atom. The molecule has 2 atom stereocenters. The molecule has 2 heterocycles. The Bertz CT molecular complexity index is 497. The molecule has 2 unspecified atom stereocenters. The van der Waals surface area contributed by atoms with E-state index in [1.165, 1.54) is 0 Å². The van der Waals surface area contributed by atoms with Gasteiger partial charge in [-0.3, -0.25) is 0 Å². The van der Waals surface area contributed by atoms with Gasteiger partial charge < -0.3 is 10.3 Å².